The van der Waals surface area contributed by atoms with E-state index in [1.807, 2.05) is 0 Å². The van der Waals surface area contributed by atoms with Crippen molar-refractivity contribution in [3.8, 4) is 0 Å². The van der Waals surface area contributed by atoms with Crippen molar-refractivity contribution in [1.29, 1.82) is 0 Å². The van der Waals surface area contributed by atoms with E-state index in [1.165, 1.54) is 6.42 Å². The summed E-state index contributed by atoms with van der Waals surface area (Å²) in [5, 5.41) is 0. The summed E-state index contributed by atoms with van der Waals surface area (Å²) in [6.45, 7) is 7.27. The molecule has 0 aromatic rings. The van der Waals surface area contributed by atoms with Crippen molar-refractivity contribution in [1.82, 2.24) is 0 Å². The van der Waals surface area contributed by atoms with Crippen molar-refractivity contribution >= 4 is 19.7 Å². The van der Waals surface area contributed by atoms with Crippen LogP contribution in [0.15, 0.2) is 0 Å². The summed E-state index contributed by atoms with van der Waals surface area (Å²) in [6.07, 6.45) is 4.13. The second-order valence-corrected chi connectivity index (χ2v) is 8.90. The minimum Gasteiger partial charge on any atom is -0.378 e. The van der Waals surface area contributed by atoms with Gasteiger partial charge in [-0.2, -0.15) is 0 Å². The van der Waals surface area contributed by atoms with Gasteiger partial charge in [0.2, 0.25) is 9.05 Å². The molecule has 0 spiro atoms. The van der Waals surface area contributed by atoms with Gasteiger partial charge in [-0.15, -0.1) is 0 Å². The summed E-state index contributed by atoms with van der Waals surface area (Å²) < 4.78 is 27.3. The van der Waals surface area contributed by atoms with Gasteiger partial charge in [0.05, 0.1) is 11.9 Å². The molecule has 0 saturated heterocycles. The molecule has 0 aliphatic heterocycles. The lowest BCUT2D eigenvalue weighted by Gasteiger charge is -2.38. The first-order valence-corrected chi connectivity index (χ1v) is 8.70. The Balaban J connectivity index is 2.27. The molecule has 1 fully saturated rings. The summed E-state index contributed by atoms with van der Waals surface area (Å²) in [5.74, 6) is 0.681. The van der Waals surface area contributed by atoms with Crippen LogP contribution in [-0.2, 0) is 13.8 Å². The molecule has 1 aliphatic rings. The molecule has 5 heteroatoms. The average molecular weight is 283 g/mol. The van der Waals surface area contributed by atoms with Gasteiger partial charge in [-0.1, -0.05) is 20.8 Å². The highest BCUT2D eigenvalue weighted by Crippen LogP contribution is 2.39. The monoisotopic (exact) mass is 282 g/mol. The molecule has 17 heavy (non-hydrogen) atoms. The Morgan fingerprint density at radius 2 is 2.00 bits per heavy atom. The van der Waals surface area contributed by atoms with E-state index in [0.717, 1.165) is 12.8 Å². The van der Waals surface area contributed by atoms with Gasteiger partial charge in [0, 0.05) is 17.3 Å². The molecule has 0 aromatic heterocycles. The fourth-order valence-corrected chi connectivity index (χ4v) is 3.66. The summed E-state index contributed by atoms with van der Waals surface area (Å²) >= 11 is 0. The first-order chi connectivity index (χ1) is 7.68. The molecule has 102 valence electrons. The van der Waals surface area contributed by atoms with Gasteiger partial charge in [-0.3, -0.25) is 0 Å². The first kappa shape index (κ1) is 15.3. The van der Waals surface area contributed by atoms with E-state index in [0.29, 0.717) is 24.4 Å². The van der Waals surface area contributed by atoms with Gasteiger partial charge >= 0.3 is 0 Å². The fourth-order valence-electron chi connectivity index (χ4n) is 2.87. The molecular weight excluding hydrogens is 260 g/mol. The highest BCUT2D eigenvalue weighted by molar-refractivity contribution is 8.13. The Kier molecular flexibility index (Phi) is 5.29. The molecule has 0 bridgehead atoms. The number of rotatable bonds is 5. The zero-order valence-corrected chi connectivity index (χ0v) is 12.5. The number of halogens is 1. The van der Waals surface area contributed by atoms with Gasteiger partial charge in [0.25, 0.3) is 0 Å². The Bertz CT molecular complexity index is 338. The van der Waals surface area contributed by atoms with Crippen LogP contribution < -0.4 is 0 Å². The van der Waals surface area contributed by atoms with Gasteiger partial charge in [-0.25, -0.2) is 8.42 Å². The number of hydrogen-bond acceptors (Lipinski definition) is 3. The molecule has 1 aliphatic carbocycles. The maximum Gasteiger partial charge on any atom is 0.232 e. The summed E-state index contributed by atoms with van der Waals surface area (Å²) in [5.41, 5.74) is 0.334. The minimum absolute atomic E-state index is 0.000220. The van der Waals surface area contributed by atoms with Crippen LogP contribution in [0.3, 0.4) is 0 Å². The van der Waals surface area contributed by atoms with Crippen LogP contribution in [0.5, 0.6) is 0 Å². The third-order valence-corrected chi connectivity index (χ3v) is 4.47. The van der Waals surface area contributed by atoms with Crippen LogP contribution in [-0.4, -0.2) is 26.9 Å². The zero-order chi connectivity index (χ0) is 13.1. The minimum atomic E-state index is -3.37. The van der Waals surface area contributed by atoms with Gasteiger partial charge < -0.3 is 4.74 Å². The predicted molar refractivity (Wildman–Crippen MR) is 70.8 cm³/mol. The van der Waals surface area contributed by atoms with Crippen LogP contribution in [0.2, 0.25) is 0 Å². The average Bonchev–Trinajstić information content (AvgIpc) is 2.07. The van der Waals surface area contributed by atoms with E-state index in [-0.39, 0.29) is 11.9 Å². The second kappa shape index (κ2) is 5.89. The molecule has 0 aromatic carbocycles. The normalized spacial score (nSPS) is 29.2. The van der Waals surface area contributed by atoms with Gasteiger partial charge in [0.15, 0.2) is 0 Å². The predicted octanol–water partition coefficient (Wildman–Crippen LogP) is 3.18. The molecular formula is C12H23ClO3S. The first-order valence-electron chi connectivity index (χ1n) is 6.22. The van der Waals surface area contributed by atoms with Crippen molar-refractivity contribution < 1.29 is 13.2 Å². The lowest BCUT2D eigenvalue weighted by atomic mass is 9.71. The van der Waals surface area contributed by atoms with E-state index < -0.39 is 9.05 Å². The third kappa shape index (κ3) is 6.63. The summed E-state index contributed by atoms with van der Waals surface area (Å²) in [7, 11) is 1.77. The quantitative estimate of drug-likeness (QED) is 0.575. The van der Waals surface area contributed by atoms with Gasteiger partial charge in [0.1, 0.15) is 0 Å². The maximum absolute atomic E-state index is 10.7. The summed E-state index contributed by atoms with van der Waals surface area (Å²) in [4.78, 5) is 0. The van der Waals surface area contributed by atoms with Crippen LogP contribution in [0.1, 0.15) is 46.5 Å². The molecule has 2 atom stereocenters. The van der Waals surface area contributed by atoms with Crippen LogP contribution in [0, 0.1) is 11.3 Å². The van der Waals surface area contributed by atoms with E-state index in [4.69, 9.17) is 15.4 Å². The molecule has 0 amide bonds. The molecule has 2 unspecified atom stereocenters. The van der Waals surface area contributed by atoms with Crippen molar-refractivity contribution in [3.05, 3.63) is 0 Å². The second-order valence-electron chi connectivity index (χ2n) is 6.00. The van der Waals surface area contributed by atoms with Crippen LogP contribution in [0.4, 0.5) is 0 Å². The molecule has 0 radical (unpaired) electrons. The largest absolute Gasteiger partial charge is 0.378 e. The van der Waals surface area contributed by atoms with E-state index in [2.05, 4.69) is 20.8 Å². The highest BCUT2D eigenvalue weighted by atomic mass is 35.7. The standard InChI is InChI=1S/C12H23ClO3S/c1-10-7-11(9-12(2,3)8-10)16-5-4-6-17(13,14)15/h10-11H,4-9H2,1-3H3. The van der Waals surface area contributed by atoms with Crippen molar-refractivity contribution in [2.75, 3.05) is 12.4 Å². The zero-order valence-electron chi connectivity index (χ0n) is 10.9. The fraction of sp³-hybridized carbons (Fsp3) is 1.00. The topological polar surface area (TPSA) is 43.4 Å². The van der Waals surface area contributed by atoms with E-state index in [1.54, 1.807) is 0 Å². The molecule has 1 saturated carbocycles. The SMILES string of the molecule is CC1CC(OCCCS(=O)(=O)Cl)CC(C)(C)C1. The Hall–Kier alpha value is 0.200. The third-order valence-electron chi connectivity index (χ3n) is 3.23. The number of hydrogen-bond donors (Lipinski definition) is 0. The van der Waals surface area contributed by atoms with Gasteiger partial charge in [-0.05, 0) is 37.0 Å². The van der Waals surface area contributed by atoms with Crippen molar-refractivity contribution in [3.63, 3.8) is 0 Å². The van der Waals surface area contributed by atoms with Crippen LogP contribution in [0.25, 0.3) is 0 Å². The Morgan fingerprint density at radius 3 is 2.53 bits per heavy atom. The van der Waals surface area contributed by atoms with E-state index in [9.17, 15) is 8.42 Å². The smallest absolute Gasteiger partial charge is 0.232 e. The van der Waals surface area contributed by atoms with Crippen molar-refractivity contribution in [2.24, 2.45) is 11.3 Å². The summed E-state index contributed by atoms with van der Waals surface area (Å²) in [6, 6.07) is 0. The molecule has 3 nitrogen and oxygen atoms in total. The lowest BCUT2D eigenvalue weighted by Crippen LogP contribution is -2.32. The van der Waals surface area contributed by atoms with Crippen molar-refractivity contribution in [2.45, 2.75) is 52.6 Å². The molecule has 0 N–H and O–H groups in total. The Morgan fingerprint density at radius 1 is 1.35 bits per heavy atom. The molecule has 1 rings (SSSR count). The highest BCUT2D eigenvalue weighted by Gasteiger charge is 2.32. The maximum atomic E-state index is 10.7. The molecule has 0 heterocycles. The van der Waals surface area contributed by atoms with E-state index >= 15 is 0 Å². The number of ether oxygens (including phenoxy) is 1. The van der Waals surface area contributed by atoms with Crippen LogP contribution >= 0.6 is 10.7 Å². The lowest BCUT2D eigenvalue weighted by molar-refractivity contribution is -0.0222. The Labute approximate surface area is 109 Å².